The van der Waals surface area contributed by atoms with Gasteiger partial charge in [-0.05, 0) is 30.7 Å². The van der Waals surface area contributed by atoms with E-state index in [1.807, 2.05) is 31.2 Å². The average molecular weight is 511 g/mol. The Morgan fingerprint density at radius 3 is 2.53 bits per heavy atom. The van der Waals surface area contributed by atoms with Gasteiger partial charge in [-0.3, -0.25) is 9.48 Å². The summed E-state index contributed by atoms with van der Waals surface area (Å²) in [5, 5.41) is 11.2. The lowest BCUT2D eigenvalue weighted by Crippen LogP contribution is -2.16. The van der Waals surface area contributed by atoms with E-state index >= 15 is 0 Å². The summed E-state index contributed by atoms with van der Waals surface area (Å²) in [6.45, 7) is 2.49. The number of rotatable bonds is 5. The van der Waals surface area contributed by atoms with E-state index in [1.54, 1.807) is 41.2 Å². The van der Waals surface area contributed by atoms with Crippen molar-refractivity contribution in [2.75, 3.05) is 5.32 Å². The van der Waals surface area contributed by atoms with Crippen LogP contribution in [0.2, 0.25) is 5.02 Å². The third-order valence-corrected chi connectivity index (χ3v) is 5.65. The molecule has 0 bridgehead atoms. The molecule has 0 spiro atoms. The zero-order chi connectivity index (χ0) is 25.4. The molecule has 0 fully saturated rings. The predicted octanol–water partition coefficient (Wildman–Crippen LogP) is 5.87. The molecule has 7 nitrogen and oxygen atoms in total. The molecule has 11 heteroatoms. The maximum Gasteiger partial charge on any atom is 0.433 e. The maximum atomic E-state index is 13.8. The number of alkyl halides is 3. The lowest BCUT2D eigenvalue weighted by atomic mass is 10.1. The van der Waals surface area contributed by atoms with Crippen molar-refractivity contribution in [1.29, 1.82) is 0 Å². The van der Waals surface area contributed by atoms with Crippen molar-refractivity contribution in [3.8, 4) is 11.3 Å². The first-order valence-electron chi connectivity index (χ1n) is 10.8. The van der Waals surface area contributed by atoms with E-state index < -0.39 is 17.8 Å². The molecular formula is C25H18ClF3N6O. The number of hydrogen-bond acceptors (Lipinski definition) is 4. The van der Waals surface area contributed by atoms with Crippen LogP contribution >= 0.6 is 11.6 Å². The van der Waals surface area contributed by atoms with E-state index in [4.69, 9.17) is 11.6 Å². The van der Waals surface area contributed by atoms with Crippen LogP contribution in [0.1, 0.15) is 27.3 Å². The highest BCUT2D eigenvalue weighted by molar-refractivity contribution is 6.30. The number of carbonyl (C=O) groups is 1. The molecule has 0 saturated carbocycles. The topological polar surface area (TPSA) is 77.1 Å². The highest BCUT2D eigenvalue weighted by Crippen LogP contribution is 2.32. The molecule has 0 aliphatic rings. The largest absolute Gasteiger partial charge is 0.433 e. The van der Waals surface area contributed by atoms with Crippen molar-refractivity contribution in [2.24, 2.45) is 0 Å². The molecule has 1 amide bonds. The fourth-order valence-electron chi connectivity index (χ4n) is 3.75. The van der Waals surface area contributed by atoms with E-state index in [1.165, 1.54) is 6.07 Å². The van der Waals surface area contributed by atoms with Crippen LogP contribution < -0.4 is 5.32 Å². The Bertz CT molecular complexity index is 1570. The maximum absolute atomic E-state index is 13.8. The molecule has 182 valence electrons. The minimum absolute atomic E-state index is 0.0771. The number of halogens is 4. The summed E-state index contributed by atoms with van der Waals surface area (Å²) in [5.74, 6) is -0.460. The first kappa shape index (κ1) is 23.6. The Kier molecular flexibility index (Phi) is 5.97. The smallest absolute Gasteiger partial charge is 0.304 e. The first-order valence-corrected chi connectivity index (χ1v) is 11.2. The van der Waals surface area contributed by atoms with Crippen LogP contribution in [0.4, 0.5) is 19.0 Å². The molecule has 1 N–H and O–H groups in total. The van der Waals surface area contributed by atoms with Crippen molar-refractivity contribution in [1.82, 2.24) is 24.4 Å². The number of aromatic nitrogens is 5. The summed E-state index contributed by atoms with van der Waals surface area (Å²) in [5.41, 5.74) is 1.27. The van der Waals surface area contributed by atoms with E-state index in [9.17, 15) is 18.0 Å². The van der Waals surface area contributed by atoms with Crippen molar-refractivity contribution in [2.45, 2.75) is 19.6 Å². The van der Waals surface area contributed by atoms with Gasteiger partial charge in [0.2, 0.25) is 0 Å². The van der Waals surface area contributed by atoms with Gasteiger partial charge in [-0.2, -0.15) is 23.4 Å². The average Bonchev–Trinajstić information content (AvgIpc) is 3.45. The zero-order valence-electron chi connectivity index (χ0n) is 18.8. The Morgan fingerprint density at radius 2 is 1.81 bits per heavy atom. The van der Waals surface area contributed by atoms with Crippen LogP contribution in [0.15, 0.2) is 72.9 Å². The van der Waals surface area contributed by atoms with Crippen LogP contribution in [-0.2, 0) is 12.7 Å². The Labute approximate surface area is 208 Å². The number of anilines is 1. The van der Waals surface area contributed by atoms with Crippen molar-refractivity contribution < 1.29 is 18.0 Å². The number of nitrogens with zero attached hydrogens (tertiary/aromatic N) is 5. The molecule has 36 heavy (non-hydrogen) atoms. The van der Waals surface area contributed by atoms with E-state index in [0.29, 0.717) is 21.6 Å². The molecule has 3 aromatic heterocycles. The van der Waals surface area contributed by atoms with Crippen LogP contribution in [0, 0.1) is 6.92 Å². The van der Waals surface area contributed by atoms with Gasteiger partial charge in [-0.25, -0.2) is 9.50 Å². The third kappa shape index (κ3) is 4.94. The summed E-state index contributed by atoms with van der Waals surface area (Å²) in [4.78, 5) is 17.1. The molecule has 2 aromatic carbocycles. The number of carbonyl (C=O) groups excluding carboxylic acids is 1. The number of amides is 1. The SMILES string of the molecule is Cc1cccc(Cn2ccc(NC(=O)c3cc4nc(-c5ccc(Cl)cc5)cc(C(F)(F)F)n4n3)n2)c1. The van der Waals surface area contributed by atoms with Crippen molar-refractivity contribution in [3.63, 3.8) is 0 Å². The van der Waals surface area contributed by atoms with Crippen molar-refractivity contribution >= 4 is 29.0 Å². The molecule has 0 aliphatic carbocycles. The Hall–Kier alpha value is -4.18. The summed E-state index contributed by atoms with van der Waals surface area (Å²) in [6, 6.07) is 17.9. The summed E-state index contributed by atoms with van der Waals surface area (Å²) in [6.07, 6.45) is -3.03. The van der Waals surface area contributed by atoms with E-state index in [0.717, 1.165) is 17.2 Å². The third-order valence-electron chi connectivity index (χ3n) is 5.40. The lowest BCUT2D eigenvalue weighted by Gasteiger charge is -2.11. The second-order valence-electron chi connectivity index (χ2n) is 8.17. The summed E-state index contributed by atoms with van der Waals surface area (Å²) < 4.78 is 43.7. The van der Waals surface area contributed by atoms with Crippen LogP contribution in [-0.4, -0.2) is 30.3 Å². The predicted molar refractivity (Wildman–Crippen MR) is 129 cm³/mol. The number of nitrogens with one attached hydrogen (secondary N) is 1. The number of benzene rings is 2. The minimum Gasteiger partial charge on any atom is -0.304 e. The highest BCUT2D eigenvalue weighted by atomic mass is 35.5. The van der Waals surface area contributed by atoms with Gasteiger partial charge >= 0.3 is 6.18 Å². The van der Waals surface area contributed by atoms with Gasteiger partial charge in [0.1, 0.15) is 0 Å². The van der Waals surface area contributed by atoms with E-state index in [2.05, 4.69) is 20.5 Å². The molecule has 0 radical (unpaired) electrons. The van der Waals surface area contributed by atoms with Gasteiger partial charge in [0.15, 0.2) is 22.9 Å². The number of fused-ring (bicyclic) bond motifs is 1. The van der Waals surface area contributed by atoms with E-state index in [-0.39, 0.29) is 22.9 Å². The second-order valence-corrected chi connectivity index (χ2v) is 8.61. The molecular weight excluding hydrogens is 493 g/mol. The number of aryl methyl sites for hydroxylation is 1. The molecule has 5 rings (SSSR count). The Balaban J connectivity index is 1.42. The minimum atomic E-state index is -4.73. The standard InChI is InChI=1S/C25H18ClF3N6O/c1-15-3-2-4-16(11-15)14-34-10-9-22(33-34)31-24(36)20-13-23-30-19(17-5-7-18(26)8-6-17)12-21(25(27,28)29)35(23)32-20/h2-13H,14H2,1H3,(H,31,33,36). The number of hydrogen-bond donors (Lipinski definition) is 1. The molecule has 0 unspecified atom stereocenters. The molecule has 3 heterocycles. The van der Waals surface area contributed by atoms with Gasteiger partial charge in [0.05, 0.1) is 12.2 Å². The Morgan fingerprint density at radius 1 is 1.03 bits per heavy atom. The van der Waals surface area contributed by atoms with Gasteiger partial charge in [-0.1, -0.05) is 53.6 Å². The molecule has 0 saturated heterocycles. The molecule has 0 aliphatic heterocycles. The fourth-order valence-corrected chi connectivity index (χ4v) is 3.88. The quantitative estimate of drug-likeness (QED) is 0.320. The van der Waals surface area contributed by atoms with Crippen LogP contribution in [0.25, 0.3) is 16.9 Å². The molecule has 0 atom stereocenters. The molecule has 5 aromatic rings. The monoisotopic (exact) mass is 510 g/mol. The fraction of sp³-hybridized carbons (Fsp3) is 0.120. The van der Waals surface area contributed by atoms with Crippen LogP contribution in [0.3, 0.4) is 0 Å². The first-order chi connectivity index (χ1) is 17.2. The second kappa shape index (κ2) is 9.12. The summed E-state index contributed by atoms with van der Waals surface area (Å²) in [7, 11) is 0. The van der Waals surface area contributed by atoms with Gasteiger partial charge in [-0.15, -0.1) is 0 Å². The lowest BCUT2D eigenvalue weighted by molar-refractivity contribution is -0.142. The van der Waals surface area contributed by atoms with Gasteiger partial charge in [0, 0.05) is 28.9 Å². The normalized spacial score (nSPS) is 11.7. The van der Waals surface area contributed by atoms with Crippen LogP contribution in [0.5, 0.6) is 0 Å². The zero-order valence-corrected chi connectivity index (χ0v) is 19.5. The van der Waals surface area contributed by atoms with Gasteiger partial charge < -0.3 is 5.32 Å². The van der Waals surface area contributed by atoms with Gasteiger partial charge in [0.25, 0.3) is 5.91 Å². The highest BCUT2D eigenvalue weighted by Gasteiger charge is 2.35. The summed E-state index contributed by atoms with van der Waals surface area (Å²) >= 11 is 5.89. The van der Waals surface area contributed by atoms with Crippen molar-refractivity contribution in [3.05, 3.63) is 100 Å².